The summed E-state index contributed by atoms with van der Waals surface area (Å²) >= 11 is 1.46. The number of hydrogen-bond acceptors (Lipinski definition) is 5. The summed E-state index contributed by atoms with van der Waals surface area (Å²) in [7, 11) is 0. The molecular weight excluding hydrogens is 418 g/mol. The van der Waals surface area contributed by atoms with Gasteiger partial charge in [0.2, 0.25) is 11.8 Å². The van der Waals surface area contributed by atoms with Crippen LogP contribution in [0.25, 0.3) is 5.41 Å². The lowest BCUT2D eigenvalue weighted by molar-refractivity contribution is -0.744. The van der Waals surface area contributed by atoms with Crippen LogP contribution in [0.2, 0.25) is 0 Å². The van der Waals surface area contributed by atoms with Crippen LogP contribution in [-0.4, -0.2) is 11.0 Å². The largest absolute Gasteiger partial charge is 0.762 e. The minimum absolute atomic E-state index is 0.0618. The van der Waals surface area contributed by atoms with Gasteiger partial charge in [-0.15, -0.1) is 11.3 Å². The number of pyridine rings is 1. The quantitative estimate of drug-likeness (QED) is 0.370. The van der Waals surface area contributed by atoms with E-state index in [2.05, 4.69) is 11.4 Å². The van der Waals surface area contributed by atoms with Crippen molar-refractivity contribution in [2.45, 2.75) is 24.6 Å². The van der Waals surface area contributed by atoms with E-state index in [0.29, 0.717) is 5.56 Å². The molecule has 2 N–H and O–H groups in total. The Morgan fingerprint density at radius 3 is 2.53 bits per heavy atom. The van der Waals surface area contributed by atoms with Crippen molar-refractivity contribution in [1.29, 1.82) is 10.5 Å². The third kappa shape index (κ3) is 3.51. The van der Waals surface area contributed by atoms with Gasteiger partial charge in [-0.25, -0.2) is 5.87 Å². The number of nitrogens with one attached hydrogen (secondary N) is 1. The highest BCUT2D eigenvalue weighted by molar-refractivity contribution is 7.10. The van der Waals surface area contributed by atoms with Gasteiger partial charge in [0.05, 0.1) is 28.8 Å². The van der Waals surface area contributed by atoms with E-state index in [1.165, 1.54) is 11.3 Å². The molecule has 0 spiro atoms. The molecule has 2 aromatic heterocycles. The number of nitriles is 2. The van der Waals surface area contributed by atoms with Crippen molar-refractivity contribution < 1.29 is 9.67 Å². The Morgan fingerprint density at radius 1 is 1.16 bits per heavy atom. The summed E-state index contributed by atoms with van der Waals surface area (Å²) in [6.07, 6.45) is 3.77. The molecule has 1 aromatic carbocycles. The molecule has 0 amide bonds. The summed E-state index contributed by atoms with van der Waals surface area (Å²) < 4.78 is 1.90. The molecule has 156 valence electrons. The lowest BCUT2D eigenvalue weighted by Gasteiger charge is -2.42. The second-order valence-corrected chi connectivity index (χ2v) is 8.50. The van der Waals surface area contributed by atoms with Gasteiger partial charge >= 0.3 is 0 Å². The lowest BCUT2D eigenvalue weighted by Crippen LogP contribution is -2.62. The Bertz CT molecular complexity index is 1310. The molecule has 0 bridgehead atoms. The number of rotatable bonds is 4. The Labute approximate surface area is 190 Å². The first-order chi connectivity index (χ1) is 15.5. The molecule has 0 aliphatic carbocycles. The molecule has 3 atom stereocenters. The van der Waals surface area contributed by atoms with Gasteiger partial charge in [-0.05, 0) is 24.4 Å². The first kappa shape index (κ1) is 21.2. The molecule has 3 heterocycles. The van der Waals surface area contributed by atoms with Crippen LogP contribution in [0.15, 0.2) is 89.2 Å². The topological polar surface area (TPSA) is 106 Å². The minimum atomic E-state index is -1.71. The minimum Gasteiger partial charge on any atom is -0.762 e. The van der Waals surface area contributed by atoms with E-state index in [9.17, 15) is 21.0 Å². The summed E-state index contributed by atoms with van der Waals surface area (Å²) in [5.41, 5.74) is -0.0991. The number of aliphatic hydroxyl groups is 1. The third-order valence-electron chi connectivity index (χ3n) is 5.59. The zero-order valence-electron chi connectivity index (χ0n) is 17.2. The highest BCUT2D eigenvalue weighted by Gasteiger charge is 2.56. The number of allylic oxidation sites excluding steroid dienone is 2. The summed E-state index contributed by atoms with van der Waals surface area (Å²) in [6.45, 7) is 1.96. The number of aromatic nitrogens is 1. The van der Waals surface area contributed by atoms with Crippen LogP contribution >= 0.6 is 11.3 Å². The van der Waals surface area contributed by atoms with E-state index in [1.54, 1.807) is 12.1 Å². The van der Waals surface area contributed by atoms with Crippen molar-refractivity contribution in [1.82, 2.24) is 5.32 Å². The van der Waals surface area contributed by atoms with Crippen LogP contribution in [0.4, 0.5) is 0 Å². The maximum absolute atomic E-state index is 12.2. The molecule has 3 aromatic rings. The predicted octanol–water partition coefficient (Wildman–Crippen LogP) is 3.58. The van der Waals surface area contributed by atoms with Gasteiger partial charge in [-0.2, -0.15) is 15.1 Å². The van der Waals surface area contributed by atoms with Crippen molar-refractivity contribution >= 4 is 17.2 Å². The molecule has 0 unspecified atom stereocenters. The maximum atomic E-state index is 12.2. The van der Waals surface area contributed by atoms with Gasteiger partial charge in [-0.3, -0.25) is 0 Å². The number of thiophene rings is 1. The average molecular weight is 438 g/mol. The van der Waals surface area contributed by atoms with E-state index < -0.39 is 17.7 Å². The fourth-order valence-corrected chi connectivity index (χ4v) is 5.09. The van der Waals surface area contributed by atoms with E-state index >= 15 is 0 Å². The molecule has 0 saturated heterocycles. The molecule has 4 rings (SSSR count). The van der Waals surface area contributed by atoms with E-state index in [4.69, 9.17) is 0 Å². The Morgan fingerprint density at radius 2 is 1.94 bits per heavy atom. The second kappa shape index (κ2) is 8.63. The molecule has 7 heteroatoms. The molecule has 0 radical (unpaired) electrons. The fourth-order valence-electron chi connectivity index (χ4n) is 4.22. The molecular formula is C25H19N5OS. The number of aryl methyl sites for hydroxylation is 1. The summed E-state index contributed by atoms with van der Waals surface area (Å²) in [6, 6.07) is 20.1. The van der Waals surface area contributed by atoms with Crippen molar-refractivity contribution in [3.8, 4) is 12.1 Å². The van der Waals surface area contributed by atoms with Gasteiger partial charge in [0.15, 0.2) is 12.4 Å². The maximum Gasteiger partial charge on any atom is 0.227 e. The first-order valence-electron chi connectivity index (χ1n) is 9.92. The van der Waals surface area contributed by atoms with Gasteiger partial charge in [-0.1, -0.05) is 36.4 Å². The van der Waals surface area contributed by atoms with Gasteiger partial charge in [0, 0.05) is 22.1 Å². The molecule has 1 aliphatic heterocycles. The number of benzene rings is 1. The van der Waals surface area contributed by atoms with E-state index in [1.807, 2.05) is 83.7 Å². The highest BCUT2D eigenvalue weighted by atomic mass is 32.1. The smallest absolute Gasteiger partial charge is 0.227 e. The SMILES string of the molecule is Cc1ccc[n+]([C@@H]2[C@H](c3cccs3)C(C#N)=C(C(=C=[N-])C#N)N[C@]2(O)c2ccccc2)c1. The summed E-state index contributed by atoms with van der Waals surface area (Å²) in [4.78, 5) is 0.851. The van der Waals surface area contributed by atoms with Crippen molar-refractivity contribution in [2.24, 2.45) is 0 Å². The number of hydrogen-bond donors (Lipinski definition) is 2. The van der Waals surface area contributed by atoms with E-state index in [0.717, 1.165) is 10.4 Å². The van der Waals surface area contributed by atoms with Crippen LogP contribution in [-0.2, 0) is 5.72 Å². The van der Waals surface area contributed by atoms with Gasteiger partial charge < -0.3 is 15.8 Å². The van der Waals surface area contributed by atoms with Crippen LogP contribution in [0.3, 0.4) is 0 Å². The molecule has 0 fully saturated rings. The Balaban J connectivity index is 2.10. The molecule has 32 heavy (non-hydrogen) atoms. The zero-order chi connectivity index (χ0) is 22.7. The Kier molecular flexibility index (Phi) is 5.73. The van der Waals surface area contributed by atoms with Crippen LogP contribution in [0.5, 0.6) is 0 Å². The van der Waals surface area contributed by atoms with Gasteiger partial charge in [0.25, 0.3) is 0 Å². The third-order valence-corrected chi connectivity index (χ3v) is 6.54. The molecule has 0 saturated carbocycles. The summed E-state index contributed by atoms with van der Waals surface area (Å²) in [5, 5.41) is 46.5. The van der Waals surface area contributed by atoms with Crippen LogP contribution < -0.4 is 9.88 Å². The normalized spacial score (nSPS) is 22.2. The lowest BCUT2D eigenvalue weighted by atomic mass is 9.75. The van der Waals surface area contributed by atoms with Crippen LogP contribution in [0, 0.1) is 29.6 Å². The monoisotopic (exact) mass is 437 g/mol. The van der Waals surface area contributed by atoms with Crippen LogP contribution in [0.1, 0.15) is 28.0 Å². The fraction of sp³-hybridized carbons (Fsp3) is 0.160. The average Bonchev–Trinajstić information content (AvgIpc) is 3.35. The standard InChI is InChI=1S/C25H19N5OS/c1-17-7-5-11-30(16-17)24-22(21-10-6-12-32-21)20(15-28)23(18(13-26)14-27)29-25(24,31)19-8-3-2-4-9-19/h2-12,16,22,24,29,31H,1H3/t22-,24+,25-/m0/s1. The predicted molar refractivity (Wildman–Crippen MR) is 121 cm³/mol. The first-order valence-corrected chi connectivity index (χ1v) is 10.8. The highest BCUT2D eigenvalue weighted by Crippen LogP contribution is 2.48. The second-order valence-electron chi connectivity index (χ2n) is 7.52. The van der Waals surface area contributed by atoms with Crippen molar-refractivity contribution in [3.05, 3.63) is 111 Å². The molecule has 6 nitrogen and oxygen atoms in total. The Hall–Kier alpha value is -4.00. The van der Waals surface area contributed by atoms with Gasteiger partial charge in [0.1, 0.15) is 6.07 Å². The summed E-state index contributed by atoms with van der Waals surface area (Å²) in [5.74, 6) is 1.28. The zero-order valence-corrected chi connectivity index (χ0v) is 18.0. The number of nitrogens with zero attached hydrogens (tertiary/aromatic N) is 4. The van der Waals surface area contributed by atoms with Crippen molar-refractivity contribution in [3.63, 3.8) is 0 Å². The van der Waals surface area contributed by atoms with E-state index in [-0.39, 0.29) is 16.8 Å². The molecule has 1 aliphatic rings. The van der Waals surface area contributed by atoms with Crippen molar-refractivity contribution in [2.75, 3.05) is 0 Å².